The first-order valence-corrected chi connectivity index (χ1v) is 10.8. The maximum absolute atomic E-state index is 13.3. The Morgan fingerprint density at radius 3 is 2.59 bits per heavy atom. The van der Waals surface area contributed by atoms with Crippen LogP contribution in [0.2, 0.25) is 0 Å². The summed E-state index contributed by atoms with van der Waals surface area (Å²) in [5.41, 5.74) is 6.07. The molecule has 2 aliphatic rings. The standard InChI is InChI=1S/C22H28F3N5O2/c1-12(2)30-18(21-5-6-29(11-15(21)9-21)20(31)32-13(3)4)8-17(28-30)14-7-16(22(23,24)25)19(26)27-10-14/h7-8,10,12-13,15H,5-6,9,11H2,1-4H3,(H2,26,27)/t15-,21?/m0/s1. The van der Waals surface area contributed by atoms with Gasteiger partial charge in [-0.15, -0.1) is 0 Å². The van der Waals surface area contributed by atoms with Crippen LogP contribution in [0.15, 0.2) is 18.3 Å². The first-order chi connectivity index (χ1) is 14.9. The molecule has 3 heterocycles. The number of nitrogens with two attached hydrogens (primary N) is 1. The molecular formula is C22H28F3N5O2. The number of hydrogen-bond donors (Lipinski definition) is 1. The number of piperidine rings is 1. The zero-order valence-corrected chi connectivity index (χ0v) is 18.6. The quantitative estimate of drug-likeness (QED) is 0.732. The molecule has 0 aromatic carbocycles. The fourth-order valence-electron chi connectivity index (χ4n) is 4.65. The summed E-state index contributed by atoms with van der Waals surface area (Å²) in [6.07, 6.45) is -2.07. The lowest BCUT2D eigenvalue weighted by atomic mass is 9.90. The SMILES string of the molecule is CC(C)OC(=O)N1CCC2(c3cc(-c4cnc(N)c(C(F)(F)F)c4)nn3C(C)C)C[C@H]2C1. The lowest BCUT2D eigenvalue weighted by Crippen LogP contribution is -2.42. The molecule has 1 saturated heterocycles. The van der Waals surface area contributed by atoms with Crippen molar-refractivity contribution in [2.45, 2.75) is 64.3 Å². The molecule has 174 valence electrons. The summed E-state index contributed by atoms with van der Waals surface area (Å²) < 4.78 is 47.1. The van der Waals surface area contributed by atoms with Gasteiger partial charge in [0.2, 0.25) is 0 Å². The molecule has 2 N–H and O–H groups in total. The van der Waals surface area contributed by atoms with Gasteiger partial charge in [0, 0.05) is 42.0 Å². The predicted molar refractivity (Wildman–Crippen MR) is 113 cm³/mol. The van der Waals surface area contributed by atoms with Crippen LogP contribution in [-0.2, 0) is 16.3 Å². The summed E-state index contributed by atoms with van der Waals surface area (Å²) in [5, 5.41) is 4.64. The Morgan fingerprint density at radius 1 is 1.28 bits per heavy atom. The second-order valence-corrected chi connectivity index (χ2v) is 9.29. The van der Waals surface area contributed by atoms with E-state index in [0.717, 1.165) is 24.6 Å². The number of carbonyl (C=O) groups excluding carboxylic acids is 1. The van der Waals surface area contributed by atoms with E-state index in [1.54, 1.807) is 4.90 Å². The van der Waals surface area contributed by atoms with Gasteiger partial charge in [-0.25, -0.2) is 9.78 Å². The number of anilines is 1. The van der Waals surface area contributed by atoms with Crippen molar-refractivity contribution in [2.24, 2.45) is 5.92 Å². The lowest BCUT2D eigenvalue weighted by molar-refractivity contribution is -0.137. The number of fused-ring (bicyclic) bond motifs is 1. The van der Waals surface area contributed by atoms with Crippen molar-refractivity contribution in [3.8, 4) is 11.3 Å². The monoisotopic (exact) mass is 451 g/mol. The minimum atomic E-state index is -4.59. The van der Waals surface area contributed by atoms with Crippen LogP contribution in [0.3, 0.4) is 0 Å². The number of pyridine rings is 1. The van der Waals surface area contributed by atoms with Gasteiger partial charge in [-0.1, -0.05) is 0 Å². The van der Waals surface area contributed by atoms with Gasteiger partial charge in [0.1, 0.15) is 5.82 Å². The molecule has 0 radical (unpaired) electrons. The molecule has 2 aromatic rings. The van der Waals surface area contributed by atoms with E-state index in [1.165, 1.54) is 6.20 Å². The first-order valence-electron chi connectivity index (χ1n) is 10.8. The highest BCUT2D eigenvalue weighted by atomic mass is 19.4. The summed E-state index contributed by atoms with van der Waals surface area (Å²) in [6, 6.07) is 2.91. The number of hydrogen-bond acceptors (Lipinski definition) is 5. The Kier molecular flexibility index (Phi) is 5.37. The van der Waals surface area contributed by atoms with E-state index in [4.69, 9.17) is 10.5 Å². The Hall–Kier alpha value is -2.78. The van der Waals surface area contributed by atoms with E-state index < -0.39 is 17.6 Å². The lowest BCUT2D eigenvalue weighted by Gasteiger charge is -2.32. The Bertz CT molecular complexity index is 1030. The van der Waals surface area contributed by atoms with Crippen molar-refractivity contribution < 1.29 is 22.7 Å². The van der Waals surface area contributed by atoms with E-state index >= 15 is 0 Å². The van der Waals surface area contributed by atoms with Crippen LogP contribution in [0.1, 0.15) is 57.8 Å². The van der Waals surface area contributed by atoms with Crippen molar-refractivity contribution >= 4 is 11.9 Å². The highest BCUT2D eigenvalue weighted by Gasteiger charge is 2.60. The molecule has 4 rings (SSSR count). The van der Waals surface area contributed by atoms with Crippen LogP contribution in [-0.4, -0.2) is 45.0 Å². The Labute approximate surface area is 184 Å². The fraction of sp³-hybridized carbons (Fsp3) is 0.591. The number of aromatic nitrogens is 3. The van der Waals surface area contributed by atoms with E-state index in [0.29, 0.717) is 18.8 Å². The molecule has 1 amide bonds. The van der Waals surface area contributed by atoms with E-state index in [9.17, 15) is 18.0 Å². The van der Waals surface area contributed by atoms with Crippen LogP contribution >= 0.6 is 0 Å². The largest absolute Gasteiger partial charge is 0.447 e. The van der Waals surface area contributed by atoms with Crippen LogP contribution in [0, 0.1) is 5.92 Å². The number of ether oxygens (including phenoxy) is 1. The number of halogens is 3. The fourth-order valence-corrected chi connectivity index (χ4v) is 4.65. The summed E-state index contributed by atoms with van der Waals surface area (Å²) in [7, 11) is 0. The minimum Gasteiger partial charge on any atom is -0.447 e. The summed E-state index contributed by atoms with van der Waals surface area (Å²) in [6.45, 7) is 8.80. The molecule has 10 heteroatoms. The molecule has 1 aliphatic heterocycles. The second-order valence-electron chi connectivity index (χ2n) is 9.29. The highest BCUT2D eigenvalue weighted by Crippen LogP contribution is 2.60. The van der Waals surface area contributed by atoms with Gasteiger partial charge >= 0.3 is 12.3 Å². The molecule has 2 fully saturated rings. The molecular weight excluding hydrogens is 423 g/mol. The molecule has 1 saturated carbocycles. The third kappa shape index (κ3) is 3.91. The summed E-state index contributed by atoms with van der Waals surface area (Å²) in [5.74, 6) is -0.278. The van der Waals surface area contributed by atoms with Gasteiger partial charge in [-0.2, -0.15) is 18.3 Å². The molecule has 32 heavy (non-hydrogen) atoms. The van der Waals surface area contributed by atoms with Crippen LogP contribution in [0.5, 0.6) is 0 Å². The van der Waals surface area contributed by atoms with Crippen molar-refractivity contribution in [2.75, 3.05) is 18.8 Å². The summed E-state index contributed by atoms with van der Waals surface area (Å²) in [4.78, 5) is 17.8. The molecule has 7 nitrogen and oxygen atoms in total. The van der Waals surface area contributed by atoms with Crippen LogP contribution < -0.4 is 5.73 Å². The third-order valence-electron chi connectivity index (χ3n) is 6.35. The van der Waals surface area contributed by atoms with E-state index in [1.807, 2.05) is 38.4 Å². The third-order valence-corrected chi connectivity index (χ3v) is 6.35. The van der Waals surface area contributed by atoms with Gasteiger partial charge in [-0.3, -0.25) is 4.68 Å². The molecule has 2 atom stereocenters. The predicted octanol–water partition coefficient (Wildman–Crippen LogP) is 4.64. The van der Waals surface area contributed by atoms with Crippen molar-refractivity contribution in [3.05, 3.63) is 29.6 Å². The van der Waals surface area contributed by atoms with Crippen molar-refractivity contribution in [3.63, 3.8) is 0 Å². The van der Waals surface area contributed by atoms with Gasteiger partial charge in [-0.05, 0) is 58.6 Å². The smallest absolute Gasteiger partial charge is 0.419 e. The van der Waals surface area contributed by atoms with Gasteiger partial charge in [0.05, 0.1) is 17.4 Å². The first kappa shape index (κ1) is 22.4. The topological polar surface area (TPSA) is 86.3 Å². The van der Waals surface area contributed by atoms with Gasteiger partial charge in [0.15, 0.2) is 0 Å². The van der Waals surface area contributed by atoms with Crippen molar-refractivity contribution in [1.29, 1.82) is 0 Å². The molecule has 1 aliphatic carbocycles. The molecule has 0 spiro atoms. The number of likely N-dealkylation sites (tertiary alicyclic amines) is 1. The van der Waals surface area contributed by atoms with E-state index in [2.05, 4.69) is 10.1 Å². The maximum Gasteiger partial charge on any atom is 0.419 e. The normalized spacial score (nSPS) is 22.9. The molecule has 0 bridgehead atoms. The maximum atomic E-state index is 13.3. The average molecular weight is 451 g/mol. The Balaban J connectivity index is 1.63. The van der Waals surface area contributed by atoms with E-state index in [-0.39, 0.29) is 35.1 Å². The van der Waals surface area contributed by atoms with Gasteiger partial charge < -0.3 is 15.4 Å². The van der Waals surface area contributed by atoms with Crippen LogP contribution in [0.4, 0.5) is 23.8 Å². The minimum absolute atomic E-state index is 0.0298. The van der Waals surface area contributed by atoms with Crippen molar-refractivity contribution in [1.82, 2.24) is 19.7 Å². The zero-order chi connectivity index (χ0) is 23.4. The van der Waals surface area contributed by atoms with Crippen LogP contribution in [0.25, 0.3) is 11.3 Å². The number of alkyl halides is 3. The molecule has 2 aromatic heterocycles. The average Bonchev–Trinajstić information content (AvgIpc) is 3.25. The molecule has 1 unspecified atom stereocenters. The number of nitrogen functional groups attached to an aromatic ring is 1. The Morgan fingerprint density at radius 2 is 2.00 bits per heavy atom. The highest BCUT2D eigenvalue weighted by molar-refractivity contribution is 5.68. The zero-order valence-electron chi connectivity index (χ0n) is 18.6. The van der Waals surface area contributed by atoms with Gasteiger partial charge in [0.25, 0.3) is 0 Å². The number of nitrogens with zero attached hydrogens (tertiary/aromatic N) is 4. The second kappa shape index (κ2) is 7.67. The number of amides is 1. The number of carbonyl (C=O) groups is 1. The summed E-state index contributed by atoms with van der Waals surface area (Å²) >= 11 is 0. The number of rotatable bonds is 4.